The molecule has 1 rings (SSSR count). The summed E-state index contributed by atoms with van der Waals surface area (Å²) in [6, 6.07) is 3.32. The predicted molar refractivity (Wildman–Crippen MR) is 62.1 cm³/mol. The van der Waals surface area contributed by atoms with E-state index in [1.807, 2.05) is 6.42 Å². The zero-order valence-electron chi connectivity index (χ0n) is 7.97. The normalized spacial score (nSPS) is 10.3. The zero-order chi connectivity index (χ0) is 11.4. The van der Waals surface area contributed by atoms with E-state index < -0.39 is 5.91 Å². The van der Waals surface area contributed by atoms with Crippen LogP contribution in [0.5, 0.6) is 0 Å². The van der Waals surface area contributed by atoms with Crippen LogP contribution < -0.4 is 11.5 Å². The molecule has 5 heteroatoms. The zero-order valence-corrected chi connectivity index (χ0v) is 9.48. The van der Waals surface area contributed by atoms with Crippen molar-refractivity contribution in [2.45, 2.75) is 6.42 Å². The number of amides is 1. The summed E-state index contributed by atoms with van der Waals surface area (Å²) in [5.74, 6) is -0.592. The van der Waals surface area contributed by atoms with Gasteiger partial charge < -0.3 is 11.5 Å². The Balaban J connectivity index is 3.15. The van der Waals surface area contributed by atoms with Crippen LogP contribution in [0.1, 0.15) is 22.3 Å². The van der Waals surface area contributed by atoms with E-state index in [4.69, 9.17) is 34.7 Å². The molecule has 0 bridgehead atoms. The number of halogens is 2. The molecule has 1 radical (unpaired) electrons. The average molecular weight is 246 g/mol. The van der Waals surface area contributed by atoms with Crippen molar-refractivity contribution in [3.63, 3.8) is 0 Å². The molecule has 1 amide bonds. The molecule has 0 aromatic heterocycles. The number of hydrogen-bond acceptors (Lipinski definition) is 2. The maximum Gasteiger partial charge on any atom is 0.250 e. The first kappa shape index (κ1) is 12.3. The number of carbonyl (C=O) groups is 1. The molecule has 0 saturated heterocycles. The highest BCUT2D eigenvalue weighted by molar-refractivity contribution is 6.44. The van der Waals surface area contributed by atoms with E-state index in [1.54, 1.807) is 12.1 Å². The third-order valence-corrected chi connectivity index (χ3v) is 2.71. The van der Waals surface area contributed by atoms with Gasteiger partial charge in [-0.05, 0) is 31.0 Å². The van der Waals surface area contributed by atoms with Crippen LogP contribution in [0.2, 0.25) is 10.0 Å². The van der Waals surface area contributed by atoms with Crippen molar-refractivity contribution in [2.75, 3.05) is 6.54 Å². The lowest BCUT2D eigenvalue weighted by atomic mass is 10.0. The summed E-state index contributed by atoms with van der Waals surface area (Å²) in [7, 11) is 0. The molecule has 1 aromatic carbocycles. The molecule has 0 aliphatic heterocycles. The van der Waals surface area contributed by atoms with Crippen molar-refractivity contribution in [3.05, 3.63) is 39.7 Å². The summed E-state index contributed by atoms with van der Waals surface area (Å²) in [5.41, 5.74) is 11.5. The first-order chi connectivity index (χ1) is 7.07. The number of nitrogens with two attached hydrogens (primary N) is 2. The molecule has 0 aliphatic rings. The highest BCUT2D eigenvalue weighted by Gasteiger charge is 2.15. The second-order valence-corrected chi connectivity index (χ2v) is 3.76. The van der Waals surface area contributed by atoms with Gasteiger partial charge in [-0.2, -0.15) is 0 Å². The van der Waals surface area contributed by atoms with Gasteiger partial charge in [0.25, 0.3) is 5.91 Å². The van der Waals surface area contributed by atoms with Crippen LogP contribution in [0, 0.1) is 6.42 Å². The monoisotopic (exact) mass is 245 g/mol. The van der Waals surface area contributed by atoms with E-state index in [2.05, 4.69) is 0 Å². The van der Waals surface area contributed by atoms with Gasteiger partial charge in [0.15, 0.2) is 0 Å². The van der Waals surface area contributed by atoms with Gasteiger partial charge in [-0.15, -0.1) is 0 Å². The molecule has 4 N–H and O–H groups in total. The maximum atomic E-state index is 11.2. The van der Waals surface area contributed by atoms with Crippen molar-refractivity contribution in [1.29, 1.82) is 0 Å². The largest absolute Gasteiger partial charge is 0.366 e. The SMILES string of the molecule is NCC[CH]c1ccc(Cl)c(Cl)c1C(N)=O. The highest BCUT2D eigenvalue weighted by atomic mass is 35.5. The molecular formula is C10H11Cl2N2O. The molecule has 15 heavy (non-hydrogen) atoms. The highest BCUT2D eigenvalue weighted by Crippen LogP contribution is 2.29. The summed E-state index contributed by atoms with van der Waals surface area (Å²) in [5, 5.41) is 0.505. The van der Waals surface area contributed by atoms with Gasteiger partial charge in [-0.25, -0.2) is 0 Å². The Morgan fingerprint density at radius 3 is 2.60 bits per heavy atom. The summed E-state index contributed by atoms with van der Waals surface area (Å²) >= 11 is 11.7. The lowest BCUT2D eigenvalue weighted by Gasteiger charge is -2.08. The van der Waals surface area contributed by atoms with Crippen LogP contribution >= 0.6 is 23.2 Å². The van der Waals surface area contributed by atoms with E-state index >= 15 is 0 Å². The van der Waals surface area contributed by atoms with E-state index in [1.165, 1.54) is 0 Å². The van der Waals surface area contributed by atoms with E-state index in [9.17, 15) is 4.79 Å². The molecule has 1 aromatic rings. The molecule has 81 valence electrons. The Morgan fingerprint density at radius 1 is 1.40 bits per heavy atom. The lowest BCUT2D eigenvalue weighted by Crippen LogP contribution is -2.15. The Bertz CT molecular complexity index is 380. The fraction of sp³-hybridized carbons (Fsp3) is 0.200. The van der Waals surface area contributed by atoms with Gasteiger partial charge in [-0.3, -0.25) is 4.79 Å². The van der Waals surface area contributed by atoms with Crippen molar-refractivity contribution in [1.82, 2.24) is 0 Å². The molecule has 0 heterocycles. The molecule has 0 aliphatic carbocycles. The van der Waals surface area contributed by atoms with Gasteiger partial charge in [0.05, 0.1) is 15.6 Å². The Labute approximate surface area is 98.3 Å². The third kappa shape index (κ3) is 2.84. The van der Waals surface area contributed by atoms with Crippen LogP contribution in [-0.4, -0.2) is 12.5 Å². The van der Waals surface area contributed by atoms with Gasteiger partial charge in [-0.1, -0.05) is 29.3 Å². The minimum absolute atomic E-state index is 0.190. The Hall–Kier alpha value is -0.770. The van der Waals surface area contributed by atoms with E-state index in [0.717, 1.165) is 0 Å². The molecular weight excluding hydrogens is 235 g/mol. The second kappa shape index (κ2) is 5.35. The van der Waals surface area contributed by atoms with Crippen molar-refractivity contribution >= 4 is 29.1 Å². The van der Waals surface area contributed by atoms with Gasteiger partial charge in [0.1, 0.15) is 0 Å². The van der Waals surface area contributed by atoms with Crippen molar-refractivity contribution in [3.8, 4) is 0 Å². The number of hydrogen-bond donors (Lipinski definition) is 2. The second-order valence-electron chi connectivity index (χ2n) is 2.97. The molecule has 0 saturated carbocycles. The first-order valence-electron chi connectivity index (χ1n) is 4.39. The summed E-state index contributed by atoms with van der Waals surface area (Å²) in [6.07, 6.45) is 2.46. The van der Waals surface area contributed by atoms with E-state index in [-0.39, 0.29) is 10.6 Å². The fourth-order valence-electron chi connectivity index (χ4n) is 1.22. The van der Waals surface area contributed by atoms with Gasteiger partial charge in [0, 0.05) is 0 Å². The molecule has 0 unspecified atom stereocenters. The van der Waals surface area contributed by atoms with Crippen LogP contribution in [0.25, 0.3) is 0 Å². The standard InChI is InChI=1S/C10H11Cl2N2O/c11-7-4-3-6(2-1-5-13)8(9(7)12)10(14)15/h2-4H,1,5,13H2,(H2,14,15). The lowest BCUT2D eigenvalue weighted by molar-refractivity contribution is 0.1000. The molecule has 3 nitrogen and oxygen atoms in total. The first-order valence-corrected chi connectivity index (χ1v) is 5.14. The number of rotatable bonds is 4. The number of primary amides is 1. The summed E-state index contributed by atoms with van der Waals surface area (Å²) in [4.78, 5) is 11.2. The van der Waals surface area contributed by atoms with E-state index in [0.29, 0.717) is 23.6 Å². The van der Waals surface area contributed by atoms with Gasteiger partial charge in [0.2, 0.25) is 0 Å². The van der Waals surface area contributed by atoms with Crippen molar-refractivity contribution in [2.24, 2.45) is 11.5 Å². The Morgan fingerprint density at radius 2 is 2.07 bits per heavy atom. The third-order valence-electron chi connectivity index (χ3n) is 1.90. The molecule has 0 spiro atoms. The minimum atomic E-state index is -0.592. The smallest absolute Gasteiger partial charge is 0.250 e. The Kier molecular flexibility index (Phi) is 4.39. The van der Waals surface area contributed by atoms with Crippen LogP contribution in [0.3, 0.4) is 0 Å². The topological polar surface area (TPSA) is 69.1 Å². The summed E-state index contributed by atoms with van der Waals surface area (Å²) in [6.45, 7) is 0.498. The van der Waals surface area contributed by atoms with Crippen molar-refractivity contribution < 1.29 is 4.79 Å². The maximum absolute atomic E-state index is 11.2. The fourth-order valence-corrected chi connectivity index (χ4v) is 1.65. The molecule has 0 fully saturated rings. The number of carbonyl (C=O) groups excluding carboxylic acids is 1. The van der Waals surface area contributed by atoms with Crippen LogP contribution in [0.15, 0.2) is 12.1 Å². The minimum Gasteiger partial charge on any atom is -0.366 e. The average Bonchev–Trinajstić information content (AvgIpc) is 2.19. The number of benzene rings is 1. The predicted octanol–water partition coefficient (Wildman–Crippen LogP) is 1.99. The van der Waals surface area contributed by atoms with Crippen LogP contribution in [-0.2, 0) is 0 Å². The molecule has 0 atom stereocenters. The van der Waals surface area contributed by atoms with Gasteiger partial charge >= 0.3 is 0 Å². The quantitative estimate of drug-likeness (QED) is 0.852. The summed E-state index contributed by atoms with van der Waals surface area (Å²) < 4.78 is 0. The van der Waals surface area contributed by atoms with Crippen LogP contribution in [0.4, 0.5) is 0 Å².